The highest BCUT2D eigenvalue weighted by Crippen LogP contribution is 2.30. The fraction of sp³-hybridized carbons (Fsp3) is 0.611. The van der Waals surface area contributed by atoms with Crippen LogP contribution in [0.1, 0.15) is 38.4 Å². The highest BCUT2D eigenvalue weighted by Gasteiger charge is 2.37. The van der Waals surface area contributed by atoms with Crippen molar-refractivity contribution in [3.8, 4) is 0 Å². The number of fused-ring (bicyclic) bond motifs is 1. The summed E-state index contributed by atoms with van der Waals surface area (Å²) in [4.78, 5) is 8.07. The van der Waals surface area contributed by atoms with E-state index in [1.54, 1.807) is 8.61 Å². The maximum atomic E-state index is 13.0. The molecule has 7 nitrogen and oxygen atoms in total. The van der Waals surface area contributed by atoms with Gasteiger partial charge in [-0.05, 0) is 38.8 Å². The van der Waals surface area contributed by atoms with E-state index in [1.807, 2.05) is 38.1 Å². The Balaban J connectivity index is 1.44. The predicted molar refractivity (Wildman–Crippen MR) is 100 cm³/mol. The molecule has 0 aliphatic carbocycles. The zero-order valence-electron chi connectivity index (χ0n) is 15.3. The quantitative estimate of drug-likeness (QED) is 0.887. The van der Waals surface area contributed by atoms with Gasteiger partial charge in [-0.15, -0.1) is 0 Å². The Morgan fingerprint density at radius 1 is 1.08 bits per heavy atom. The predicted octanol–water partition coefficient (Wildman–Crippen LogP) is 2.10. The summed E-state index contributed by atoms with van der Waals surface area (Å²) < 4.78 is 34.8. The molecule has 2 aromatic rings. The Bertz CT molecular complexity index is 830. The summed E-state index contributed by atoms with van der Waals surface area (Å²) in [5.41, 5.74) is 2.00. The third-order valence-electron chi connectivity index (χ3n) is 5.29. The summed E-state index contributed by atoms with van der Waals surface area (Å²) in [7, 11) is -3.43. The fourth-order valence-corrected chi connectivity index (χ4v) is 5.80. The summed E-state index contributed by atoms with van der Waals surface area (Å²) in [6.45, 7) is 5.76. The molecule has 26 heavy (non-hydrogen) atoms. The monoisotopic (exact) mass is 378 g/mol. The summed E-state index contributed by atoms with van der Waals surface area (Å²) >= 11 is 0. The molecule has 1 N–H and O–H groups in total. The van der Waals surface area contributed by atoms with Gasteiger partial charge >= 0.3 is 0 Å². The zero-order chi connectivity index (χ0) is 18.3. The van der Waals surface area contributed by atoms with E-state index in [0.717, 1.165) is 29.7 Å². The highest BCUT2D eigenvalue weighted by molar-refractivity contribution is 7.86. The van der Waals surface area contributed by atoms with Gasteiger partial charge in [-0.1, -0.05) is 12.1 Å². The van der Waals surface area contributed by atoms with Crippen molar-refractivity contribution in [3.05, 3.63) is 30.1 Å². The average Bonchev–Trinajstić information content (AvgIpc) is 3.05. The molecule has 142 valence electrons. The second-order valence-corrected chi connectivity index (χ2v) is 9.32. The molecule has 2 atom stereocenters. The van der Waals surface area contributed by atoms with E-state index < -0.39 is 10.2 Å². The van der Waals surface area contributed by atoms with Gasteiger partial charge in [0.15, 0.2) is 0 Å². The Hall–Kier alpha value is -1.48. The van der Waals surface area contributed by atoms with Crippen LogP contribution >= 0.6 is 0 Å². The van der Waals surface area contributed by atoms with Crippen LogP contribution in [0.15, 0.2) is 24.3 Å². The number of ether oxygens (including phenoxy) is 1. The Labute approximate surface area is 154 Å². The number of aromatic amines is 1. The number of hydrogen-bond donors (Lipinski definition) is 1. The van der Waals surface area contributed by atoms with Gasteiger partial charge in [0.2, 0.25) is 0 Å². The van der Waals surface area contributed by atoms with Crippen LogP contribution in [-0.4, -0.2) is 65.4 Å². The summed E-state index contributed by atoms with van der Waals surface area (Å²) in [6.07, 6.45) is 1.44. The van der Waals surface area contributed by atoms with Crippen molar-refractivity contribution in [2.75, 3.05) is 26.2 Å². The van der Waals surface area contributed by atoms with Crippen molar-refractivity contribution < 1.29 is 13.2 Å². The number of nitrogens with one attached hydrogen (secondary N) is 1. The maximum Gasteiger partial charge on any atom is 0.282 e. The van der Waals surface area contributed by atoms with Crippen LogP contribution < -0.4 is 0 Å². The topological polar surface area (TPSA) is 78.5 Å². The number of piperidine rings is 1. The molecule has 8 heteroatoms. The molecular formula is C18H26N4O3S. The Morgan fingerprint density at radius 2 is 1.73 bits per heavy atom. The van der Waals surface area contributed by atoms with Gasteiger partial charge in [-0.3, -0.25) is 0 Å². The standard InChI is InChI=1S/C18H26N4O3S/c1-13-11-22(12-14(2)25-13)26(23,24)21-9-7-15(8-10-21)18-19-16-5-3-4-6-17(16)20-18/h3-6,13-15H,7-12H2,1-2H3,(H,19,20). The first-order valence-electron chi connectivity index (χ1n) is 9.29. The normalized spacial score (nSPS) is 27.2. The first-order valence-corrected chi connectivity index (χ1v) is 10.7. The van der Waals surface area contributed by atoms with E-state index in [2.05, 4.69) is 9.97 Å². The van der Waals surface area contributed by atoms with Gasteiger partial charge < -0.3 is 9.72 Å². The maximum absolute atomic E-state index is 13.0. The third-order valence-corrected chi connectivity index (χ3v) is 7.26. The van der Waals surface area contributed by atoms with E-state index in [-0.39, 0.29) is 18.1 Å². The largest absolute Gasteiger partial charge is 0.373 e. The van der Waals surface area contributed by atoms with Gasteiger partial charge in [-0.25, -0.2) is 4.98 Å². The summed E-state index contributed by atoms with van der Waals surface area (Å²) in [5, 5.41) is 0. The van der Waals surface area contributed by atoms with E-state index in [9.17, 15) is 8.42 Å². The number of para-hydroxylation sites is 2. The van der Waals surface area contributed by atoms with Gasteiger partial charge in [0, 0.05) is 32.1 Å². The number of hydrogen-bond acceptors (Lipinski definition) is 4. The Morgan fingerprint density at radius 3 is 2.38 bits per heavy atom. The van der Waals surface area contributed by atoms with Crippen LogP contribution in [0.2, 0.25) is 0 Å². The van der Waals surface area contributed by atoms with Crippen LogP contribution in [0.25, 0.3) is 11.0 Å². The lowest BCUT2D eigenvalue weighted by Crippen LogP contribution is -2.54. The first-order chi connectivity index (χ1) is 12.4. The van der Waals surface area contributed by atoms with Crippen molar-refractivity contribution in [1.29, 1.82) is 0 Å². The van der Waals surface area contributed by atoms with Crippen molar-refractivity contribution in [3.63, 3.8) is 0 Å². The number of aromatic nitrogens is 2. The molecule has 0 spiro atoms. The number of imidazole rings is 1. The van der Waals surface area contributed by atoms with Crippen LogP contribution in [0.5, 0.6) is 0 Å². The van der Waals surface area contributed by atoms with Crippen LogP contribution in [0.4, 0.5) is 0 Å². The molecule has 0 amide bonds. The molecule has 2 saturated heterocycles. The van der Waals surface area contributed by atoms with E-state index in [0.29, 0.717) is 26.2 Å². The molecule has 0 saturated carbocycles. The number of nitrogens with zero attached hydrogens (tertiary/aromatic N) is 3. The van der Waals surface area contributed by atoms with Crippen LogP contribution in [0, 0.1) is 0 Å². The van der Waals surface area contributed by atoms with Crippen LogP contribution in [0.3, 0.4) is 0 Å². The van der Waals surface area contributed by atoms with Crippen molar-refractivity contribution >= 4 is 21.2 Å². The molecule has 0 bridgehead atoms. The number of morpholine rings is 1. The fourth-order valence-electron chi connectivity index (χ4n) is 4.01. The zero-order valence-corrected chi connectivity index (χ0v) is 16.1. The van der Waals surface area contributed by atoms with Gasteiger partial charge in [0.05, 0.1) is 23.2 Å². The average molecular weight is 378 g/mol. The second-order valence-electron chi connectivity index (χ2n) is 7.39. The van der Waals surface area contributed by atoms with Crippen molar-refractivity contribution in [2.45, 2.75) is 44.8 Å². The summed E-state index contributed by atoms with van der Waals surface area (Å²) in [6, 6.07) is 7.98. The second kappa shape index (κ2) is 6.92. The molecule has 2 unspecified atom stereocenters. The molecule has 2 fully saturated rings. The smallest absolute Gasteiger partial charge is 0.282 e. The lowest BCUT2D eigenvalue weighted by atomic mass is 9.97. The van der Waals surface area contributed by atoms with Gasteiger partial charge in [0.25, 0.3) is 10.2 Å². The van der Waals surface area contributed by atoms with Gasteiger partial charge in [0.1, 0.15) is 5.82 Å². The molecular weight excluding hydrogens is 352 g/mol. The minimum Gasteiger partial charge on any atom is -0.373 e. The highest BCUT2D eigenvalue weighted by atomic mass is 32.2. The minimum absolute atomic E-state index is 0.0680. The first kappa shape index (κ1) is 17.9. The molecule has 4 rings (SSSR count). The van der Waals surface area contributed by atoms with Gasteiger partial charge in [-0.2, -0.15) is 17.0 Å². The van der Waals surface area contributed by atoms with Crippen molar-refractivity contribution in [1.82, 2.24) is 18.6 Å². The van der Waals surface area contributed by atoms with Crippen molar-refractivity contribution in [2.24, 2.45) is 0 Å². The van der Waals surface area contributed by atoms with E-state index >= 15 is 0 Å². The Kier molecular flexibility index (Phi) is 4.77. The molecule has 2 aliphatic heterocycles. The number of rotatable bonds is 3. The molecule has 3 heterocycles. The third kappa shape index (κ3) is 3.38. The SMILES string of the molecule is CC1CN(S(=O)(=O)N2CCC(c3nc4ccccc4[nH]3)CC2)CC(C)O1. The van der Waals surface area contributed by atoms with E-state index in [4.69, 9.17) is 4.74 Å². The lowest BCUT2D eigenvalue weighted by Gasteiger charge is -2.39. The minimum atomic E-state index is -3.43. The lowest BCUT2D eigenvalue weighted by molar-refractivity contribution is -0.0456. The molecule has 0 radical (unpaired) electrons. The summed E-state index contributed by atoms with van der Waals surface area (Å²) in [5.74, 6) is 1.24. The molecule has 1 aromatic heterocycles. The number of H-pyrrole nitrogens is 1. The van der Waals surface area contributed by atoms with Crippen LogP contribution in [-0.2, 0) is 14.9 Å². The van der Waals surface area contributed by atoms with E-state index in [1.165, 1.54) is 0 Å². The number of benzene rings is 1. The molecule has 1 aromatic carbocycles. The molecule has 2 aliphatic rings.